The number of nitrogens with zero attached hydrogens (tertiary/aromatic N) is 2. The van der Waals surface area contributed by atoms with Crippen LogP contribution in [0, 0.1) is 0 Å². The van der Waals surface area contributed by atoms with Gasteiger partial charge in [-0.05, 0) is 46.4 Å². The standard InChI is InChI=1S/C15H25N3/c1-7-10-18(15(3,4)5)14-9-8-13(11-17-14)12(2)16-6/h7-9,11-12,16H,1,10H2,2-6H3. The van der Waals surface area contributed by atoms with Crippen LogP contribution in [0.2, 0.25) is 0 Å². The Morgan fingerprint density at radius 3 is 2.50 bits per heavy atom. The molecular weight excluding hydrogens is 222 g/mol. The first-order valence-electron chi connectivity index (χ1n) is 6.42. The van der Waals surface area contributed by atoms with E-state index in [0.29, 0.717) is 6.04 Å². The van der Waals surface area contributed by atoms with Gasteiger partial charge in [-0.3, -0.25) is 0 Å². The predicted molar refractivity (Wildman–Crippen MR) is 79.0 cm³/mol. The quantitative estimate of drug-likeness (QED) is 0.810. The lowest BCUT2D eigenvalue weighted by atomic mass is 10.1. The van der Waals surface area contributed by atoms with Crippen molar-refractivity contribution in [3.8, 4) is 0 Å². The first-order chi connectivity index (χ1) is 8.40. The van der Waals surface area contributed by atoms with Crippen LogP contribution in [-0.2, 0) is 0 Å². The lowest BCUT2D eigenvalue weighted by Crippen LogP contribution is -2.42. The molecule has 18 heavy (non-hydrogen) atoms. The molecule has 1 atom stereocenters. The molecule has 100 valence electrons. The van der Waals surface area contributed by atoms with Gasteiger partial charge in [-0.25, -0.2) is 4.98 Å². The number of anilines is 1. The molecule has 0 fully saturated rings. The molecule has 0 aliphatic carbocycles. The number of nitrogens with one attached hydrogen (secondary N) is 1. The highest BCUT2D eigenvalue weighted by Gasteiger charge is 2.21. The van der Waals surface area contributed by atoms with Gasteiger partial charge in [0.15, 0.2) is 0 Å². The fraction of sp³-hybridized carbons (Fsp3) is 0.533. The fourth-order valence-electron chi connectivity index (χ4n) is 1.82. The molecule has 1 aromatic heterocycles. The number of rotatable bonds is 5. The Labute approximate surface area is 111 Å². The Morgan fingerprint density at radius 2 is 2.11 bits per heavy atom. The molecule has 0 spiro atoms. The lowest BCUT2D eigenvalue weighted by Gasteiger charge is -2.36. The van der Waals surface area contributed by atoms with Crippen LogP contribution in [0.15, 0.2) is 31.0 Å². The summed E-state index contributed by atoms with van der Waals surface area (Å²) in [5.41, 5.74) is 1.24. The van der Waals surface area contributed by atoms with Gasteiger partial charge in [0.2, 0.25) is 0 Å². The van der Waals surface area contributed by atoms with E-state index in [-0.39, 0.29) is 5.54 Å². The van der Waals surface area contributed by atoms with Crippen LogP contribution in [0.4, 0.5) is 5.82 Å². The van der Waals surface area contributed by atoms with Crippen LogP contribution in [0.5, 0.6) is 0 Å². The summed E-state index contributed by atoms with van der Waals surface area (Å²) in [4.78, 5) is 6.82. The van der Waals surface area contributed by atoms with Gasteiger partial charge in [-0.2, -0.15) is 0 Å². The molecule has 0 aromatic carbocycles. The molecule has 0 saturated heterocycles. The van der Waals surface area contributed by atoms with Crippen molar-refractivity contribution in [3.63, 3.8) is 0 Å². The van der Waals surface area contributed by atoms with Gasteiger partial charge in [0, 0.05) is 24.3 Å². The zero-order valence-corrected chi connectivity index (χ0v) is 12.2. The monoisotopic (exact) mass is 247 g/mol. The van der Waals surface area contributed by atoms with E-state index in [4.69, 9.17) is 0 Å². The third-order valence-electron chi connectivity index (χ3n) is 3.10. The van der Waals surface area contributed by atoms with E-state index in [2.05, 4.69) is 61.6 Å². The van der Waals surface area contributed by atoms with E-state index >= 15 is 0 Å². The summed E-state index contributed by atoms with van der Waals surface area (Å²) in [6.07, 6.45) is 3.86. The summed E-state index contributed by atoms with van der Waals surface area (Å²) < 4.78 is 0. The largest absolute Gasteiger partial charge is 0.348 e. The minimum atomic E-state index is 0.0390. The second-order valence-electron chi connectivity index (χ2n) is 5.53. The molecule has 3 heteroatoms. The van der Waals surface area contributed by atoms with Gasteiger partial charge in [-0.15, -0.1) is 6.58 Å². The average molecular weight is 247 g/mol. The molecule has 1 heterocycles. The number of pyridine rings is 1. The molecule has 1 unspecified atom stereocenters. The Kier molecular flexibility index (Phi) is 4.91. The van der Waals surface area contributed by atoms with Crippen molar-refractivity contribution in [1.29, 1.82) is 0 Å². The second-order valence-corrected chi connectivity index (χ2v) is 5.53. The van der Waals surface area contributed by atoms with Crippen molar-refractivity contribution in [3.05, 3.63) is 36.5 Å². The van der Waals surface area contributed by atoms with Crippen LogP contribution in [0.3, 0.4) is 0 Å². The van der Waals surface area contributed by atoms with Gasteiger partial charge in [0.05, 0.1) is 0 Å². The topological polar surface area (TPSA) is 28.2 Å². The highest BCUT2D eigenvalue weighted by atomic mass is 15.2. The van der Waals surface area contributed by atoms with E-state index in [1.165, 1.54) is 5.56 Å². The van der Waals surface area contributed by atoms with Gasteiger partial charge in [-0.1, -0.05) is 12.1 Å². The number of aromatic nitrogens is 1. The van der Waals surface area contributed by atoms with E-state index in [0.717, 1.165) is 12.4 Å². The van der Waals surface area contributed by atoms with Crippen molar-refractivity contribution in [2.45, 2.75) is 39.3 Å². The van der Waals surface area contributed by atoms with E-state index in [1.807, 2.05) is 19.3 Å². The normalized spacial score (nSPS) is 13.2. The van der Waals surface area contributed by atoms with Gasteiger partial charge >= 0.3 is 0 Å². The summed E-state index contributed by atoms with van der Waals surface area (Å²) in [5, 5.41) is 3.22. The van der Waals surface area contributed by atoms with Crippen molar-refractivity contribution < 1.29 is 0 Å². The molecule has 0 aliphatic heterocycles. The van der Waals surface area contributed by atoms with Crippen molar-refractivity contribution in [2.24, 2.45) is 0 Å². The van der Waals surface area contributed by atoms with E-state index in [9.17, 15) is 0 Å². The molecular formula is C15H25N3. The van der Waals surface area contributed by atoms with Gasteiger partial charge < -0.3 is 10.2 Å². The first kappa shape index (κ1) is 14.7. The zero-order valence-electron chi connectivity index (χ0n) is 12.2. The van der Waals surface area contributed by atoms with E-state index in [1.54, 1.807) is 0 Å². The third-order valence-corrected chi connectivity index (χ3v) is 3.10. The molecule has 0 bridgehead atoms. The van der Waals surface area contributed by atoms with Crippen LogP contribution < -0.4 is 10.2 Å². The molecule has 1 rings (SSSR count). The summed E-state index contributed by atoms with van der Waals surface area (Å²) in [5.74, 6) is 0.995. The Balaban J connectivity index is 2.97. The maximum Gasteiger partial charge on any atom is 0.129 e. The second kappa shape index (κ2) is 6.01. The first-order valence-corrected chi connectivity index (χ1v) is 6.42. The minimum Gasteiger partial charge on any atom is -0.348 e. The zero-order chi connectivity index (χ0) is 13.8. The molecule has 1 aromatic rings. The molecule has 0 amide bonds. The molecule has 3 nitrogen and oxygen atoms in total. The Morgan fingerprint density at radius 1 is 1.44 bits per heavy atom. The highest BCUT2D eigenvalue weighted by molar-refractivity contribution is 5.43. The van der Waals surface area contributed by atoms with Crippen LogP contribution in [0.1, 0.15) is 39.3 Å². The Hall–Kier alpha value is -1.35. The van der Waals surface area contributed by atoms with Crippen molar-refractivity contribution in [2.75, 3.05) is 18.5 Å². The summed E-state index contributed by atoms with van der Waals surface area (Å²) in [6, 6.07) is 4.54. The predicted octanol–water partition coefficient (Wildman–Crippen LogP) is 3.15. The summed E-state index contributed by atoms with van der Waals surface area (Å²) >= 11 is 0. The highest BCUT2D eigenvalue weighted by Crippen LogP contribution is 2.22. The van der Waals surface area contributed by atoms with Gasteiger partial charge in [0.25, 0.3) is 0 Å². The SMILES string of the molecule is C=CCN(c1ccc(C(C)NC)cn1)C(C)(C)C. The van der Waals surface area contributed by atoms with Crippen molar-refractivity contribution >= 4 is 5.82 Å². The smallest absolute Gasteiger partial charge is 0.129 e. The van der Waals surface area contributed by atoms with E-state index < -0.39 is 0 Å². The van der Waals surface area contributed by atoms with Crippen LogP contribution in [0.25, 0.3) is 0 Å². The lowest BCUT2D eigenvalue weighted by molar-refractivity contribution is 0.517. The maximum atomic E-state index is 4.57. The fourth-order valence-corrected chi connectivity index (χ4v) is 1.82. The Bertz CT molecular complexity index is 376. The molecule has 1 N–H and O–H groups in total. The molecule has 0 saturated carbocycles. The van der Waals surface area contributed by atoms with Crippen LogP contribution >= 0.6 is 0 Å². The van der Waals surface area contributed by atoms with Crippen molar-refractivity contribution in [1.82, 2.24) is 10.3 Å². The molecule has 0 aliphatic rings. The average Bonchev–Trinajstić information content (AvgIpc) is 2.34. The minimum absolute atomic E-state index is 0.0390. The third kappa shape index (κ3) is 3.57. The number of hydrogen-bond acceptors (Lipinski definition) is 3. The number of hydrogen-bond donors (Lipinski definition) is 1. The van der Waals surface area contributed by atoms with Crippen LogP contribution in [-0.4, -0.2) is 24.1 Å². The maximum absolute atomic E-state index is 4.57. The van der Waals surface area contributed by atoms with Gasteiger partial charge in [0.1, 0.15) is 5.82 Å². The summed E-state index contributed by atoms with van der Waals surface area (Å²) in [6.45, 7) is 13.3. The molecule has 0 radical (unpaired) electrons. The summed E-state index contributed by atoms with van der Waals surface area (Å²) in [7, 11) is 1.96.